The van der Waals surface area contributed by atoms with E-state index in [0.717, 1.165) is 28.9 Å². The first-order valence-corrected chi connectivity index (χ1v) is 8.41. The fourth-order valence-electron chi connectivity index (χ4n) is 1.70. The number of nitrogens with zero attached hydrogens (tertiary/aromatic N) is 1. The standard InChI is InChI=1S/C15H17BrN2OS/c1-3-17-9-11-8-12(16)10-18-15(11)19-13-4-6-14(20-2)7-5-13/h4-8,10,17H,3,9H2,1-2H3. The van der Waals surface area contributed by atoms with Crippen LogP contribution in [-0.2, 0) is 6.54 Å². The first-order valence-electron chi connectivity index (χ1n) is 6.40. The van der Waals surface area contributed by atoms with Crippen LogP contribution in [0.1, 0.15) is 12.5 Å². The summed E-state index contributed by atoms with van der Waals surface area (Å²) in [5.74, 6) is 1.45. The van der Waals surface area contributed by atoms with Gasteiger partial charge < -0.3 is 10.1 Å². The van der Waals surface area contributed by atoms with E-state index in [9.17, 15) is 0 Å². The molecule has 0 aliphatic rings. The molecule has 1 aromatic carbocycles. The van der Waals surface area contributed by atoms with Crippen molar-refractivity contribution < 1.29 is 4.74 Å². The number of nitrogens with one attached hydrogen (secondary N) is 1. The molecule has 0 aliphatic heterocycles. The van der Waals surface area contributed by atoms with Crippen LogP contribution in [0.25, 0.3) is 0 Å². The first kappa shape index (κ1) is 15.4. The molecule has 0 saturated heterocycles. The highest BCUT2D eigenvalue weighted by Gasteiger charge is 2.07. The average Bonchev–Trinajstić information content (AvgIpc) is 2.48. The van der Waals surface area contributed by atoms with E-state index in [1.54, 1.807) is 18.0 Å². The van der Waals surface area contributed by atoms with Gasteiger partial charge in [0.15, 0.2) is 0 Å². The number of hydrogen-bond donors (Lipinski definition) is 1. The van der Waals surface area contributed by atoms with Crippen molar-refractivity contribution in [2.24, 2.45) is 0 Å². The second-order valence-electron chi connectivity index (χ2n) is 4.18. The van der Waals surface area contributed by atoms with Gasteiger partial charge in [-0.1, -0.05) is 6.92 Å². The van der Waals surface area contributed by atoms with Crippen LogP contribution in [-0.4, -0.2) is 17.8 Å². The second kappa shape index (κ2) is 7.67. The van der Waals surface area contributed by atoms with E-state index in [0.29, 0.717) is 5.88 Å². The van der Waals surface area contributed by atoms with E-state index in [-0.39, 0.29) is 0 Å². The predicted molar refractivity (Wildman–Crippen MR) is 87.6 cm³/mol. The maximum atomic E-state index is 5.88. The third kappa shape index (κ3) is 4.23. The van der Waals surface area contributed by atoms with Crippen molar-refractivity contribution in [2.75, 3.05) is 12.8 Å². The molecule has 0 saturated carbocycles. The molecule has 0 fully saturated rings. The van der Waals surface area contributed by atoms with E-state index < -0.39 is 0 Å². The average molecular weight is 353 g/mol. The number of ether oxygens (including phenoxy) is 1. The number of aromatic nitrogens is 1. The third-order valence-electron chi connectivity index (χ3n) is 2.73. The van der Waals surface area contributed by atoms with Crippen LogP contribution in [0.4, 0.5) is 0 Å². The molecule has 0 radical (unpaired) electrons. The highest BCUT2D eigenvalue weighted by atomic mass is 79.9. The van der Waals surface area contributed by atoms with Gasteiger partial charge in [0.05, 0.1) is 0 Å². The van der Waals surface area contributed by atoms with Crippen LogP contribution in [0.15, 0.2) is 45.9 Å². The molecular weight excluding hydrogens is 336 g/mol. The Morgan fingerprint density at radius 3 is 2.70 bits per heavy atom. The normalized spacial score (nSPS) is 10.6. The molecule has 0 spiro atoms. The van der Waals surface area contributed by atoms with Gasteiger partial charge in [-0.25, -0.2) is 4.98 Å². The summed E-state index contributed by atoms with van der Waals surface area (Å²) in [5.41, 5.74) is 1.04. The highest BCUT2D eigenvalue weighted by molar-refractivity contribution is 9.10. The Morgan fingerprint density at radius 2 is 2.05 bits per heavy atom. The molecule has 1 aromatic heterocycles. The van der Waals surface area contributed by atoms with Crippen molar-refractivity contribution >= 4 is 27.7 Å². The van der Waals surface area contributed by atoms with Gasteiger partial charge >= 0.3 is 0 Å². The van der Waals surface area contributed by atoms with Gasteiger partial charge in [-0.3, -0.25) is 0 Å². The summed E-state index contributed by atoms with van der Waals surface area (Å²) in [7, 11) is 0. The third-order valence-corrected chi connectivity index (χ3v) is 3.91. The fourth-order valence-corrected chi connectivity index (χ4v) is 2.49. The van der Waals surface area contributed by atoms with Crippen LogP contribution in [0.2, 0.25) is 0 Å². The maximum Gasteiger partial charge on any atom is 0.223 e. The second-order valence-corrected chi connectivity index (χ2v) is 5.97. The molecule has 2 rings (SSSR count). The number of benzene rings is 1. The monoisotopic (exact) mass is 352 g/mol. The lowest BCUT2D eigenvalue weighted by Gasteiger charge is -2.11. The number of hydrogen-bond acceptors (Lipinski definition) is 4. The van der Waals surface area contributed by atoms with Crippen LogP contribution < -0.4 is 10.1 Å². The van der Waals surface area contributed by atoms with E-state index in [4.69, 9.17) is 4.74 Å². The largest absolute Gasteiger partial charge is 0.439 e. The van der Waals surface area contributed by atoms with E-state index in [1.807, 2.05) is 30.3 Å². The Labute approximate surface area is 132 Å². The molecular formula is C15H17BrN2OS. The summed E-state index contributed by atoms with van der Waals surface area (Å²) in [5, 5.41) is 3.29. The van der Waals surface area contributed by atoms with Crippen LogP contribution >= 0.6 is 27.7 Å². The number of rotatable bonds is 6. The lowest BCUT2D eigenvalue weighted by atomic mass is 10.2. The van der Waals surface area contributed by atoms with E-state index >= 15 is 0 Å². The molecule has 0 amide bonds. The predicted octanol–water partition coefficient (Wildman–Crippen LogP) is 4.47. The lowest BCUT2D eigenvalue weighted by Crippen LogP contribution is -2.12. The maximum absolute atomic E-state index is 5.88. The number of thioether (sulfide) groups is 1. The molecule has 1 heterocycles. The minimum absolute atomic E-state index is 0.644. The molecule has 0 unspecified atom stereocenters. The van der Waals surface area contributed by atoms with Crippen molar-refractivity contribution in [2.45, 2.75) is 18.4 Å². The zero-order chi connectivity index (χ0) is 14.4. The van der Waals surface area contributed by atoms with Gasteiger partial charge in [0.2, 0.25) is 5.88 Å². The summed E-state index contributed by atoms with van der Waals surface area (Å²) in [6.07, 6.45) is 3.81. The summed E-state index contributed by atoms with van der Waals surface area (Å²) in [4.78, 5) is 5.57. The Hall–Kier alpha value is -1.04. The summed E-state index contributed by atoms with van der Waals surface area (Å²) in [6.45, 7) is 3.72. The molecule has 0 atom stereocenters. The van der Waals surface area contributed by atoms with Crippen LogP contribution in [0.5, 0.6) is 11.6 Å². The molecule has 3 nitrogen and oxygen atoms in total. The molecule has 106 valence electrons. The highest BCUT2D eigenvalue weighted by Crippen LogP contribution is 2.27. The quantitative estimate of drug-likeness (QED) is 0.777. The van der Waals surface area contributed by atoms with Crippen molar-refractivity contribution in [3.8, 4) is 11.6 Å². The van der Waals surface area contributed by atoms with Crippen molar-refractivity contribution in [1.29, 1.82) is 0 Å². The van der Waals surface area contributed by atoms with E-state index in [2.05, 4.69) is 39.4 Å². The van der Waals surface area contributed by atoms with Gasteiger partial charge in [-0.2, -0.15) is 0 Å². The van der Waals surface area contributed by atoms with E-state index in [1.165, 1.54) is 4.90 Å². The fraction of sp³-hybridized carbons (Fsp3) is 0.267. The number of halogens is 1. The molecule has 20 heavy (non-hydrogen) atoms. The van der Waals surface area contributed by atoms with Gasteiger partial charge in [-0.15, -0.1) is 11.8 Å². The van der Waals surface area contributed by atoms with Crippen molar-refractivity contribution in [3.63, 3.8) is 0 Å². The van der Waals surface area contributed by atoms with Gasteiger partial charge in [0.25, 0.3) is 0 Å². The molecule has 0 bridgehead atoms. The van der Waals surface area contributed by atoms with Gasteiger partial charge in [-0.05, 0) is 59.1 Å². The van der Waals surface area contributed by atoms with Gasteiger partial charge in [0.1, 0.15) is 5.75 Å². The van der Waals surface area contributed by atoms with Crippen molar-refractivity contribution in [1.82, 2.24) is 10.3 Å². The minimum atomic E-state index is 0.644. The molecule has 5 heteroatoms. The number of pyridine rings is 1. The SMILES string of the molecule is CCNCc1cc(Br)cnc1Oc1ccc(SC)cc1. The smallest absolute Gasteiger partial charge is 0.223 e. The topological polar surface area (TPSA) is 34.2 Å². The molecule has 1 N–H and O–H groups in total. The molecule has 0 aliphatic carbocycles. The van der Waals surface area contributed by atoms with Gasteiger partial charge in [0, 0.05) is 27.7 Å². The molecule has 2 aromatic rings. The Morgan fingerprint density at radius 1 is 1.30 bits per heavy atom. The zero-order valence-corrected chi connectivity index (χ0v) is 13.9. The summed E-state index contributed by atoms with van der Waals surface area (Å²) >= 11 is 5.16. The first-order chi connectivity index (χ1) is 9.72. The van der Waals surface area contributed by atoms with Crippen molar-refractivity contribution in [3.05, 3.63) is 46.6 Å². The van der Waals surface area contributed by atoms with Crippen LogP contribution in [0.3, 0.4) is 0 Å². The minimum Gasteiger partial charge on any atom is -0.439 e. The Balaban J connectivity index is 2.18. The summed E-state index contributed by atoms with van der Waals surface area (Å²) in [6, 6.07) is 10.0. The summed E-state index contributed by atoms with van der Waals surface area (Å²) < 4.78 is 6.83. The Kier molecular flexibility index (Phi) is 5.88. The Bertz CT molecular complexity index is 560. The zero-order valence-electron chi connectivity index (χ0n) is 11.5. The van der Waals surface area contributed by atoms with Crippen LogP contribution in [0, 0.1) is 0 Å². The lowest BCUT2D eigenvalue weighted by molar-refractivity contribution is 0.453.